The number of hydrogen-bond donors (Lipinski definition) is 2. The van der Waals surface area contributed by atoms with Gasteiger partial charge in [0, 0.05) is 11.1 Å². The molecule has 0 amide bonds. The van der Waals surface area contributed by atoms with E-state index in [1.54, 1.807) is 48.5 Å². The Labute approximate surface area is 166 Å². The Morgan fingerprint density at radius 3 is 1.32 bits per heavy atom. The maximum absolute atomic E-state index is 9.31. The van der Waals surface area contributed by atoms with Crippen molar-refractivity contribution in [3.63, 3.8) is 0 Å². The minimum atomic E-state index is 0.220. The average Bonchev–Trinajstić information content (AvgIpc) is 2.89. The standard InChI is InChI=1S/C20H10Br2O2S/c21-19-17(11-5-13-1-7-15(23)8-2-13)25-18(20(19)22)12-6-14-3-9-16(24)10-4-14/h1-4,7-10,23-24H. The molecule has 122 valence electrons. The van der Waals surface area contributed by atoms with Gasteiger partial charge in [-0.2, -0.15) is 0 Å². The van der Waals surface area contributed by atoms with Crippen LogP contribution in [-0.2, 0) is 0 Å². The number of halogens is 2. The highest BCUT2D eigenvalue weighted by Gasteiger charge is 2.11. The van der Waals surface area contributed by atoms with Gasteiger partial charge in [0.15, 0.2) is 0 Å². The van der Waals surface area contributed by atoms with Crippen LogP contribution in [0.15, 0.2) is 57.5 Å². The molecule has 1 heterocycles. The van der Waals surface area contributed by atoms with E-state index in [2.05, 4.69) is 55.5 Å². The van der Waals surface area contributed by atoms with Crippen LogP contribution in [0.1, 0.15) is 20.9 Å². The molecule has 0 bridgehead atoms. The molecular formula is C20H10Br2O2S. The zero-order chi connectivity index (χ0) is 17.8. The molecule has 0 aliphatic carbocycles. The molecule has 5 heteroatoms. The van der Waals surface area contributed by atoms with Gasteiger partial charge in [-0.05, 0) is 92.2 Å². The van der Waals surface area contributed by atoms with E-state index in [1.165, 1.54) is 11.3 Å². The number of hydrogen-bond acceptors (Lipinski definition) is 3. The molecular weight excluding hydrogens is 464 g/mol. The lowest BCUT2D eigenvalue weighted by Crippen LogP contribution is -1.73. The molecule has 3 aromatic rings. The average molecular weight is 474 g/mol. The van der Waals surface area contributed by atoms with E-state index in [4.69, 9.17) is 0 Å². The maximum Gasteiger partial charge on any atom is 0.115 e. The number of phenolic OH excluding ortho intramolecular Hbond substituents is 2. The van der Waals surface area contributed by atoms with E-state index in [0.717, 1.165) is 29.8 Å². The van der Waals surface area contributed by atoms with Gasteiger partial charge < -0.3 is 10.2 Å². The van der Waals surface area contributed by atoms with Crippen molar-refractivity contribution in [2.45, 2.75) is 0 Å². The Hall–Kier alpha value is -2.18. The lowest BCUT2D eigenvalue weighted by molar-refractivity contribution is 0.474. The Balaban J connectivity index is 1.88. The number of aromatic hydroxyl groups is 2. The number of phenols is 2. The summed E-state index contributed by atoms with van der Waals surface area (Å²) in [5, 5.41) is 18.6. The predicted octanol–water partition coefficient (Wildman–Crippen LogP) is 5.48. The first-order valence-corrected chi connectivity index (χ1v) is 9.53. The molecule has 0 saturated carbocycles. The number of benzene rings is 2. The topological polar surface area (TPSA) is 40.5 Å². The van der Waals surface area contributed by atoms with Gasteiger partial charge in [-0.1, -0.05) is 11.8 Å². The van der Waals surface area contributed by atoms with Crippen molar-refractivity contribution in [3.05, 3.63) is 78.4 Å². The molecule has 0 saturated heterocycles. The fourth-order valence-electron chi connectivity index (χ4n) is 1.90. The van der Waals surface area contributed by atoms with Gasteiger partial charge >= 0.3 is 0 Å². The van der Waals surface area contributed by atoms with Crippen molar-refractivity contribution < 1.29 is 10.2 Å². The van der Waals surface area contributed by atoms with Crippen molar-refractivity contribution in [2.75, 3.05) is 0 Å². The third-order valence-corrected chi connectivity index (χ3v) is 6.83. The maximum atomic E-state index is 9.31. The summed E-state index contributed by atoms with van der Waals surface area (Å²) in [6.07, 6.45) is 0. The summed E-state index contributed by atoms with van der Waals surface area (Å²) in [5.74, 6) is 12.8. The van der Waals surface area contributed by atoms with Crippen molar-refractivity contribution in [2.24, 2.45) is 0 Å². The predicted molar refractivity (Wildman–Crippen MR) is 108 cm³/mol. The molecule has 0 aliphatic rings. The van der Waals surface area contributed by atoms with E-state index in [0.29, 0.717) is 0 Å². The Bertz CT molecular complexity index is 944. The minimum Gasteiger partial charge on any atom is -0.508 e. The first kappa shape index (κ1) is 17.6. The van der Waals surface area contributed by atoms with Crippen LogP contribution < -0.4 is 0 Å². The molecule has 0 unspecified atom stereocenters. The van der Waals surface area contributed by atoms with Gasteiger partial charge in [-0.25, -0.2) is 0 Å². The fraction of sp³-hybridized carbons (Fsp3) is 0. The van der Waals surface area contributed by atoms with E-state index in [-0.39, 0.29) is 11.5 Å². The van der Waals surface area contributed by atoms with E-state index >= 15 is 0 Å². The Morgan fingerprint density at radius 2 is 0.960 bits per heavy atom. The summed E-state index contributed by atoms with van der Waals surface area (Å²) >= 11 is 8.58. The lowest BCUT2D eigenvalue weighted by atomic mass is 10.2. The van der Waals surface area contributed by atoms with Gasteiger partial charge in [-0.3, -0.25) is 0 Å². The van der Waals surface area contributed by atoms with Crippen LogP contribution in [0.3, 0.4) is 0 Å². The zero-order valence-electron chi connectivity index (χ0n) is 12.7. The molecule has 3 rings (SSSR count). The second kappa shape index (κ2) is 7.80. The first-order valence-electron chi connectivity index (χ1n) is 7.13. The molecule has 0 aliphatic heterocycles. The number of rotatable bonds is 0. The van der Waals surface area contributed by atoms with Crippen LogP contribution in [0, 0.1) is 23.7 Å². The van der Waals surface area contributed by atoms with Crippen LogP contribution in [0.4, 0.5) is 0 Å². The molecule has 0 fully saturated rings. The highest BCUT2D eigenvalue weighted by molar-refractivity contribution is 9.13. The summed E-state index contributed by atoms with van der Waals surface area (Å²) < 4.78 is 1.75. The van der Waals surface area contributed by atoms with Crippen molar-refractivity contribution in [1.82, 2.24) is 0 Å². The molecule has 1 aromatic heterocycles. The zero-order valence-corrected chi connectivity index (χ0v) is 16.7. The van der Waals surface area contributed by atoms with Crippen molar-refractivity contribution in [3.8, 4) is 35.2 Å². The number of thiophene rings is 1. The summed E-state index contributed by atoms with van der Waals surface area (Å²) in [6.45, 7) is 0. The largest absolute Gasteiger partial charge is 0.508 e. The summed E-state index contributed by atoms with van der Waals surface area (Å²) in [6, 6.07) is 13.5. The Kier molecular flexibility index (Phi) is 5.50. The van der Waals surface area contributed by atoms with Crippen LogP contribution in [0.5, 0.6) is 11.5 Å². The van der Waals surface area contributed by atoms with E-state index in [1.807, 2.05) is 0 Å². The summed E-state index contributed by atoms with van der Waals surface area (Å²) in [7, 11) is 0. The fourth-order valence-corrected chi connectivity index (χ4v) is 4.03. The molecule has 0 radical (unpaired) electrons. The molecule has 2 nitrogen and oxygen atoms in total. The Morgan fingerprint density at radius 1 is 0.600 bits per heavy atom. The monoisotopic (exact) mass is 472 g/mol. The van der Waals surface area contributed by atoms with Crippen LogP contribution >= 0.6 is 43.2 Å². The van der Waals surface area contributed by atoms with Crippen LogP contribution in [0.25, 0.3) is 0 Å². The molecule has 0 atom stereocenters. The second-order valence-corrected chi connectivity index (χ2v) is 7.59. The quantitative estimate of drug-likeness (QED) is 0.424. The smallest absolute Gasteiger partial charge is 0.115 e. The molecule has 2 aromatic carbocycles. The molecule has 0 spiro atoms. The van der Waals surface area contributed by atoms with Gasteiger partial charge in [0.05, 0.1) is 18.7 Å². The van der Waals surface area contributed by atoms with Gasteiger partial charge in [-0.15, -0.1) is 11.3 Å². The molecule has 25 heavy (non-hydrogen) atoms. The third kappa shape index (κ3) is 4.46. The highest BCUT2D eigenvalue weighted by Crippen LogP contribution is 2.36. The minimum absolute atomic E-state index is 0.220. The van der Waals surface area contributed by atoms with Crippen LogP contribution in [0.2, 0.25) is 0 Å². The summed E-state index contributed by atoms with van der Waals surface area (Å²) in [4.78, 5) is 1.74. The third-order valence-electron chi connectivity index (χ3n) is 3.17. The highest BCUT2D eigenvalue weighted by atomic mass is 79.9. The molecule has 2 N–H and O–H groups in total. The normalized spacial score (nSPS) is 9.68. The van der Waals surface area contributed by atoms with Gasteiger partial charge in [0.2, 0.25) is 0 Å². The van der Waals surface area contributed by atoms with E-state index in [9.17, 15) is 10.2 Å². The SMILES string of the molecule is Oc1ccc(C#Cc2sc(C#Cc3ccc(O)cc3)c(Br)c2Br)cc1. The second-order valence-electron chi connectivity index (χ2n) is 4.98. The van der Waals surface area contributed by atoms with Crippen LogP contribution in [-0.4, -0.2) is 10.2 Å². The first-order chi connectivity index (χ1) is 12.0. The van der Waals surface area contributed by atoms with Crippen molar-refractivity contribution in [1.29, 1.82) is 0 Å². The van der Waals surface area contributed by atoms with Crippen molar-refractivity contribution >= 4 is 43.2 Å². The van der Waals surface area contributed by atoms with Gasteiger partial charge in [0.25, 0.3) is 0 Å². The van der Waals surface area contributed by atoms with E-state index < -0.39 is 0 Å². The lowest BCUT2D eigenvalue weighted by Gasteiger charge is -1.90. The summed E-state index contributed by atoms with van der Waals surface area (Å²) in [5.41, 5.74) is 1.65. The van der Waals surface area contributed by atoms with Gasteiger partial charge in [0.1, 0.15) is 11.5 Å².